The van der Waals surface area contributed by atoms with Gasteiger partial charge in [0, 0.05) is 49.8 Å². The highest BCUT2D eigenvalue weighted by Gasteiger charge is 2.27. The predicted octanol–water partition coefficient (Wildman–Crippen LogP) is 3.65. The van der Waals surface area contributed by atoms with Gasteiger partial charge in [0.1, 0.15) is 11.9 Å². The summed E-state index contributed by atoms with van der Waals surface area (Å²) in [5, 5.41) is 22.3. The van der Waals surface area contributed by atoms with E-state index in [0.717, 1.165) is 73.3 Å². The maximum absolute atomic E-state index is 9.08. The molecule has 2 aliphatic rings. The quantitative estimate of drug-likeness (QED) is 0.616. The molecule has 164 valence electrons. The van der Waals surface area contributed by atoms with Gasteiger partial charge in [0.25, 0.3) is 0 Å². The molecule has 32 heavy (non-hydrogen) atoms. The van der Waals surface area contributed by atoms with Crippen LogP contribution in [0.2, 0.25) is 0 Å². The van der Waals surface area contributed by atoms with Crippen LogP contribution in [0.1, 0.15) is 55.4 Å². The third-order valence-corrected chi connectivity index (χ3v) is 6.26. The summed E-state index contributed by atoms with van der Waals surface area (Å²) in [6.45, 7) is 12.1. The smallest absolute Gasteiger partial charge is 0.163 e. The van der Waals surface area contributed by atoms with Crippen LogP contribution in [0.15, 0.2) is 24.4 Å². The van der Waals surface area contributed by atoms with Crippen LogP contribution in [0.5, 0.6) is 0 Å². The standard InChI is InChI=1S/C24H28N8/c1-16-10-18(13-25)27-28-23(16)30-9-6-20-17(15-30)11-19(14-26-20)31-7-5-8-32-22(31)12-21(29-32)24(2,3)4/h10-12,14H,5-9,15H2,1-4H3. The Kier molecular flexibility index (Phi) is 4.85. The van der Waals surface area contributed by atoms with Gasteiger partial charge in [-0.3, -0.25) is 4.98 Å². The van der Waals surface area contributed by atoms with Crippen LogP contribution < -0.4 is 9.80 Å². The van der Waals surface area contributed by atoms with Gasteiger partial charge in [-0.1, -0.05) is 20.8 Å². The van der Waals surface area contributed by atoms with Crippen molar-refractivity contribution in [1.29, 1.82) is 5.26 Å². The zero-order valence-electron chi connectivity index (χ0n) is 19.1. The van der Waals surface area contributed by atoms with Crippen molar-refractivity contribution in [1.82, 2.24) is 25.0 Å². The number of fused-ring (bicyclic) bond motifs is 2. The van der Waals surface area contributed by atoms with Crippen molar-refractivity contribution in [2.45, 2.75) is 59.0 Å². The molecule has 5 rings (SSSR count). The Labute approximate surface area is 188 Å². The lowest BCUT2D eigenvalue weighted by atomic mass is 9.92. The molecule has 0 fully saturated rings. The lowest BCUT2D eigenvalue weighted by molar-refractivity contribution is 0.506. The molecule has 8 nitrogen and oxygen atoms in total. The number of hydrogen-bond acceptors (Lipinski definition) is 7. The normalized spacial score (nSPS) is 15.8. The molecule has 0 aromatic carbocycles. The zero-order valence-corrected chi connectivity index (χ0v) is 19.1. The minimum absolute atomic E-state index is 0.0185. The van der Waals surface area contributed by atoms with Crippen LogP contribution in [0.25, 0.3) is 0 Å². The Bertz CT molecular complexity index is 1210. The molecule has 0 atom stereocenters. The van der Waals surface area contributed by atoms with Crippen LogP contribution in [0.4, 0.5) is 17.3 Å². The molecule has 0 radical (unpaired) electrons. The Hall–Kier alpha value is -3.47. The topological polar surface area (TPSA) is 86.8 Å². The Morgan fingerprint density at radius 3 is 2.66 bits per heavy atom. The number of nitriles is 1. The van der Waals surface area contributed by atoms with E-state index in [4.69, 9.17) is 15.3 Å². The van der Waals surface area contributed by atoms with Crippen molar-refractivity contribution in [3.63, 3.8) is 0 Å². The molecule has 0 N–H and O–H groups in total. The van der Waals surface area contributed by atoms with Gasteiger partial charge < -0.3 is 9.80 Å². The molecule has 0 unspecified atom stereocenters. The first-order valence-electron chi connectivity index (χ1n) is 11.2. The van der Waals surface area contributed by atoms with Gasteiger partial charge in [-0.15, -0.1) is 10.2 Å². The van der Waals surface area contributed by atoms with Crippen molar-refractivity contribution in [2.24, 2.45) is 0 Å². The molecule has 0 spiro atoms. The fraction of sp³-hybridized carbons (Fsp3) is 0.458. The van der Waals surface area contributed by atoms with Crippen LogP contribution >= 0.6 is 0 Å². The maximum atomic E-state index is 9.08. The molecule has 8 heteroatoms. The Balaban J connectivity index is 1.45. The van der Waals surface area contributed by atoms with E-state index in [1.54, 1.807) is 6.07 Å². The average Bonchev–Trinajstić information content (AvgIpc) is 3.23. The molecule has 3 aromatic rings. The highest BCUT2D eigenvalue weighted by atomic mass is 15.4. The molecule has 5 heterocycles. The summed E-state index contributed by atoms with van der Waals surface area (Å²) in [7, 11) is 0. The van der Waals surface area contributed by atoms with Crippen LogP contribution in [-0.4, -0.2) is 38.1 Å². The van der Waals surface area contributed by atoms with E-state index in [1.165, 1.54) is 5.56 Å². The van der Waals surface area contributed by atoms with Gasteiger partial charge >= 0.3 is 0 Å². The molecule has 0 aliphatic carbocycles. The minimum Gasteiger partial charge on any atom is -0.350 e. The van der Waals surface area contributed by atoms with E-state index >= 15 is 0 Å². The Morgan fingerprint density at radius 1 is 1.06 bits per heavy atom. The first-order valence-corrected chi connectivity index (χ1v) is 11.2. The number of aromatic nitrogens is 5. The second-order valence-corrected chi connectivity index (χ2v) is 9.69. The van der Waals surface area contributed by atoms with Gasteiger partial charge in [0.15, 0.2) is 11.5 Å². The number of rotatable bonds is 2. The van der Waals surface area contributed by atoms with Gasteiger partial charge in [0.05, 0.1) is 17.6 Å². The molecule has 0 bridgehead atoms. The average molecular weight is 429 g/mol. The predicted molar refractivity (Wildman–Crippen MR) is 123 cm³/mol. The van der Waals surface area contributed by atoms with Crippen molar-refractivity contribution < 1.29 is 0 Å². The second-order valence-electron chi connectivity index (χ2n) is 9.69. The van der Waals surface area contributed by atoms with E-state index in [2.05, 4.69) is 63.7 Å². The first kappa shape index (κ1) is 20.4. The monoisotopic (exact) mass is 428 g/mol. The summed E-state index contributed by atoms with van der Waals surface area (Å²) >= 11 is 0. The fourth-order valence-electron chi connectivity index (χ4n) is 4.50. The maximum Gasteiger partial charge on any atom is 0.163 e. The van der Waals surface area contributed by atoms with Crippen molar-refractivity contribution in [3.05, 3.63) is 52.6 Å². The van der Waals surface area contributed by atoms with Crippen molar-refractivity contribution in [2.75, 3.05) is 22.9 Å². The molecule has 0 amide bonds. The largest absolute Gasteiger partial charge is 0.350 e. The molecular weight excluding hydrogens is 400 g/mol. The molecule has 0 saturated heterocycles. The summed E-state index contributed by atoms with van der Waals surface area (Å²) in [5.41, 5.74) is 5.92. The molecular formula is C24H28N8. The van der Waals surface area contributed by atoms with E-state index in [-0.39, 0.29) is 5.41 Å². The Morgan fingerprint density at radius 2 is 1.91 bits per heavy atom. The highest BCUT2D eigenvalue weighted by Crippen LogP contribution is 2.34. The van der Waals surface area contributed by atoms with E-state index in [9.17, 15) is 0 Å². The van der Waals surface area contributed by atoms with Crippen LogP contribution in [-0.2, 0) is 24.9 Å². The van der Waals surface area contributed by atoms with E-state index in [0.29, 0.717) is 5.69 Å². The molecule has 3 aromatic heterocycles. The lowest BCUT2D eigenvalue weighted by Crippen LogP contribution is -2.33. The number of nitrogens with zero attached hydrogens (tertiary/aromatic N) is 8. The van der Waals surface area contributed by atoms with Crippen LogP contribution in [0.3, 0.4) is 0 Å². The van der Waals surface area contributed by atoms with Crippen molar-refractivity contribution >= 4 is 17.3 Å². The van der Waals surface area contributed by atoms with Gasteiger partial charge in [-0.05, 0) is 36.6 Å². The summed E-state index contributed by atoms with van der Waals surface area (Å²) < 4.78 is 2.13. The number of aryl methyl sites for hydroxylation is 2. The first-order chi connectivity index (χ1) is 15.3. The zero-order chi connectivity index (χ0) is 22.5. The number of anilines is 3. The van der Waals surface area contributed by atoms with E-state index in [1.807, 2.05) is 13.1 Å². The number of pyridine rings is 1. The van der Waals surface area contributed by atoms with Crippen molar-refractivity contribution in [3.8, 4) is 6.07 Å². The third kappa shape index (κ3) is 3.58. The summed E-state index contributed by atoms with van der Waals surface area (Å²) in [4.78, 5) is 9.39. The lowest BCUT2D eigenvalue weighted by Gasteiger charge is -2.32. The van der Waals surface area contributed by atoms with E-state index < -0.39 is 0 Å². The minimum atomic E-state index is 0.0185. The summed E-state index contributed by atoms with van der Waals surface area (Å²) in [6.07, 6.45) is 3.92. The van der Waals surface area contributed by atoms with Gasteiger partial charge in [-0.2, -0.15) is 10.4 Å². The third-order valence-electron chi connectivity index (χ3n) is 6.26. The molecule has 0 saturated carbocycles. The second kappa shape index (κ2) is 7.59. The SMILES string of the molecule is Cc1cc(C#N)nnc1N1CCc2ncc(N3CCCn4nc(C(C)(C)C)cc43)cc2C1. The van der Waals surface area contributed by atoms with Gasteiger partial charge in [0.2, 0.25) is 0 Å². The van der Waals surface area contributed by atoms with Gasteiger partial charge in [-0.25, -0.2) is 4.68 Å². The fourth-order valence-corrected chi connectivity index (χ4v) is 4.50. The number of hydrogen-bond donors (Lipinski definition) is 0. The highest BCUT2D eigenvalue weighted by molar-refractivity contribution is 5.63. The summed E-state index contributed by atoms with van der Waals surface area (Å²) in [5.74, 6) is 1.98. The van der Waals surface area contributed by atoms with Crippen LogP contribution in [0, 0.1) is 18.3 Å². The summed E-state index contributed by atoms with van der Waals surface area (Å²) in [6, 6.07) is 8.35. The molecule has 2 aliphatic heterocycles.